The van der Waals surface area contributed by atoms with Crippen LogP contribution in [0.2, 0.25) is 0 Å². The van der Waals surface area contributed by atoms with Crippen LogP contribution in [0.3, 0.4) is 0 Å². The summed E-state index contributed by atoms with van der Waals surface area (Å²) in [6.07, 6.45) is 2.27. The molecule has 3 unspecified atom stereocenters. The lowest BCUT2D eigenvalue weighted by Gasteiger charge is -2.40. The molecule has 1 saturated carbocycles. The molecule has 1 fully saturated rings. The number of aliphatic hydroxyl groups excluding tert-OH is 1. The maximum atomic E-state index is 11.8. The zero-order valence-electron chi connectivity index (χ0n) is 10.7. The predicted octanol–water partition coefficient (Wildman–Crippen LogP) is 1.85. The Bertz CT molecular complexity index is 499. The highest BCUT2D eigenvalue weighted by Gasteiger charge is 2.52. The quantitative estimate of drug-likeness (QED) is 0.853. The Morgan fingerprint density at radius 1 is 1.32 bits per heavy atom. The molecule has 3 atom stereocenters. The molecule has 3 rings (SSSR count). The van der Waals surface area contributed by atoms with Gasteiger partial charge < -0.3 is 14.9 Å². The summed E-state index contributed by atoms with van der Waals surface area (Å²) in [5.41, 5.74) is -0.0557. The highest BCUT2D eigenvalue weighted by molar-refractivity contribution is 5.76. The lowest BCUT2D eigenvalue weighted by Crippen LogP contribution is -2.50. The minimum atomic E-state index is -0.982. The number of fused-ring (bicyclic) bond motifs is 1. The first-order chi connectivity index (χ1) is 9.13. The van der Waals surface area contributed by atoms with Gasteiger partial charge in [-0.05, 0) is 30.9 Å². The van der Waals surface area contributed by atoms with Crippen LogP contribution < -0.4 is 4.74 Å². The largest absolute Gasteiger partial charge is 0.492 e. The summed E-state index contributed by atoms with van der Waals surface area (Å²) in [5.74, 6) is -0.293. The van der Waals surface area contributed by atoms with E-state index in [1.54, 1.807) is 0 Å². The molecule has 1 aromatic carbocycles. The number of rotatable bonds is 2. The topological polar surface area (TPSA) is 66.8 Å². The van der Waals surface area contributed by atoms with Gasteiger partial charge in [0, 0.05) is 5.92 Å². The van der Waals surface area contributed by atoms with Crippen molar-refractivity contribution in [1.82, 2.24) is 0 Å². The SMILES string of the molecule is O=C(O)C1(C2CCCC2O)COc2ccccc2C1. The van der Waals surface area contributed by atoms with Gasteiger partial charge in [0.15, 0.2) is 0 Å². The Hall–Kier alpha value is -1.55. The molecule has 2 aliphatic rings. The maximum Gasteiger partial charge on any atom is 0.313 e. The molecule has 1 aliphatic carbocycles. The molecular formula is C15H18O4. The number of carboxylic acids is 1. The summed E-state index contributed by atoms with van der Waals surface area (Å²) < 4.78 is 5.67. The Balaban J connectivity index is 1.98. The molecule has 0 aromatic heterocycles. The van der Waals surface area contributed by atoms with Gasteiger partial charge in [-0.2, -0.15) is 0 Å². The molecular weight excluding hydrogens is 244 g/mol. The van der Waals surface area contributed by atoms with E-state index in [0.29, 0.717) is 12.8 Å². The van der Waals surface area contributed by atoms with Gasteiger partial charge in [0.1, 0.15) is 17.8 Å². The standard InChI is InChI=1S/C15H18O4/c16-12-6-3-5-11(12)15(14(17)18)8-10-4-1-2-7-13(10)19-9-15/h1-2,4,7,11-12,16H,3,5-6,8-9H2,(H,17,18). The van der Waals surface area contributed by atoms with E-state index >= 15 is 0 Å². The maximum absolute atomic E-state index is 11.8. The first-order valence-electron chi connectivity index (χ1n) is 6.76. The van der Waals surface area contributed by atoms with Gasteiger partial charge in [-0.1, -0.05) is 24.6 Å². The van der Waals surface area contributed by atoms with Gasteiger partial charge in [-0.15, -0.1) is 0 Å². The normalized spacial score (nSPS) is 33.5. The van der Waals surface area contributed by atoms with Crippen LogP contribution in [-0.4, -0.2) is 28.9 Å². The molecule has 2 N–H and O–H groups in total. The van der Waals surface area contributed by atoms with Crippen LogP contribution in [0.5, 0.6) is 5.75 Å². The Kier molecular flexibility index (Phi) is 2.97. The smallest absolute Gasteiger partial charge is 0.313 e. The molecule has 1 aliphatic heterocycles. The Labute approximate surface area is 112 Å². The second kappa shape index (κ2) is 4.53. The summed E-state index contributed by atoms with van der Waals surface area (Å²) in [5, 5.41) is 19.8. The van der Waals surface area contributed by atoms with Crippen LogP contribution in [-0.2, 0) is 11.2 Å². The third-order valence-electron chi connectivity index (χ3n) is 4.58. The van der Waals surface area contributed by atoms with Gasteiger partial charge in [-0.25, -0.2) is 0 Å². The van der Waals surface area contributed by atoms with Crippen molar-refractivity contribution < 1.29 is 19.7 Å². The van der Waals surface area contributed by atoms with Crippen molar-refractivity contribution in [3.05, 3.63) is 29.8 Å². The number of carbonyl (C=O) groups is 1. The fourth-order valence-electron chi connectivity index (χ4n) is 3.51. The average Bonchev–Trinajstić information content (AvgIpc) is 2.84. The summed E-state index contributed by atoms with van der Waals surface area (Å²) in [7, 11) is 0. The van der Waals surface area contributed by atoms with E-state index in [1.807, 2.05) is 24.3 Å². The molecule has 1 heterocycles. The number of carboxylic acid groups (broad SMARTS) is 1. The Morgan fingerprint density at radius 3 is 2.79 bits per heavy atom. The van der Waals surface area contributed by atoms with Gasteiger partial charge >= 0.3 is 5.97 Å². The number of aliphatic carboxylic acids is 1. The van der Waals surface area contributed by atoms with Crippen molar-refractivity contribution in [2.75, 3.05) is 6.61 Å². The molecule has 4 nitrogen and oxygen atoms in total. The van der Waals surface area contributed by atoms with Crippen LogP contribution in [0.4, 0.5) is 0 Å². The molecule has 1 aromatic rings. The molecule has 0 spiro atoms. The van der Waals surface area contributed by atoms with Crippen LogP contribution >= 0.6 is 0 Å². The minimum absolute atomic E-state index is 0.154. The van der Waals surface area contributed by atoms with Crippen molar-refractivity contribution >= 4 is 5.97 Å². The number of ether oxygens (including phenoxy) is 1. The lowest BCUT2D eigenvalue weighted by molar-refractivity contribution is -0.159. The highest BCUT2D eigenvalue weighted by atomic mass is 16.5. The van der Waals surface area contributed by atoms with E-state index in [2.05, 4.69) is 0 Å². The van der Waals surface area contributed by atoms with E-state index in [4.69, 9.17) is 4.74 Å². The molecule has 0 amide bonds. The third kappa shape index (κ3) is 1.91. The second-order valence-corrected chi connectivity index (χ2v) is 5.64. The van der Waals surface area contributed by atoms with Crippen LogP contribution in [0.25, 0.3) is 0 Å². The van der Waals surface area contributed by atoms with E-state index in [0.717, 1.165) is 24.2 Å². The molecule has 0 radical (unpaired) electrons. The highest BCUT2D eigenvalue weighted by Crippen LogP contribution is 2.46. The summed E-state index contributed by atoms with van der Waals surface area (Å²) in [6, 6.07) is 7.56. The van der Waals surface area contributed by atoms with E-state index in [-0.39, 0.29) is 12.5 Å². The fraction of sp³-hybridized carbons (Fsp3) is 0.533. The van der Waals surface area contributed by atoms with E-state index < -0.39 is 17.5 Å². The molecule has 4 heteroatoms. The van der Waals surface area contributed by atoms with Crippen LogP contribution in [0.15, 0.2) is 24.3 Å². The number of para-hydroxylation sites is 1. The first-order valence-corrected chi connectivity index (χ1v) is 6.76. The zero-order chi connectivity index (χ0) is 13.5. The number of aliphatic hydroxyl groups is 1. The van der Waals surface area contributed by atoms with Crippen molar-refractivity contribution in [2.24, 2.45) is 11.3 Å². The van der Waals surface area contributed by atoms with Crippen molar-refractivity contribution in [2.45, 2.75) is 31.8 Å². The van der Waals surface area contributed by atoms with Gasteiger partial charge in [0.2, 0.25) is 0 Å². The van der Waals surface area contributed by atoms with Gasteiger partial charge in [0.25, 0.3) is 0 Å². The predicted molar refractivity (Wildman–Crippen MR) is 69.1 cm³/mol. The van der Waals surface area contributed by atoms with Gasteiger partial charge in [0.05, 0.1) is 6.10 Å². The van der Waals surface area contributed by atoms with Gasteiger partial charge in [-0.3, -0.25) is 4.79 Å². The van der Waals surface area contributed by atoms with Crippen molar-refractivity contribution in [3.63, 3.8) is 0 Å². The minimum Gasteiger partial charge on any atom is -0.492 e. The second-order valence-electron chi connectivity index (χ2n) is 5.64. The number of benzene rings is 1. The zero-order valence-corrected chi connectivity index (χ0v) is 10.7. The third-order valence-corrected chi connectivity index (χ3v) is 4.58. The first kappa shape index (κ1) is 12.5. The molecule has 0 saturated heterocycles. The molecule has 102 valence electrons. The number of hydrogen-bond donors (Lipinski definition) is 2. The van der Waals surface area contributed by atoms with Crippen LogP contribution in [0.1, 0.15) is 24.8 Å². The average molecular weight is 262 g/mol. The van der Waals surface area contributed by atoms with Crippen molar-refractivity contribution in [3.8, 4) is 5.75 Å². The summed E-state index contributed by atoms with van der Waals surface area (Å²) >= 11 is 0. The van der Waals surface area contributed by atoms with Crippen LogP contribution in [0, 0.1) is 11.3 Å². The lowest BCUT2D eigenvalue weighted by atomic mass is 9.69. The number of hydrogen-bond acceptors (Lipinski definition) is 3. The molecule has 0 bridgehead atoms. The van der Waals surface area contributed by atoms with E-state index in [9.17, 15) is 15.0 Å². The molecule has 19 heavy (non-hydrogen) atoms. The van der Waals surface area contributed by atoms with Crippen molar-refractivity contribution in [1.29, 1.82) is 0 Å². The monoisotopic (exact) mass is 262 g/mol. The Morgan fingerprint density at radius 2 is 2.11 bits per heavy atom. The summed E-state index contributed by atoms with van der Waals surface area (Å²) in [6.45, 7) is 0.154. The fourth-order valence-corrected chi connectivity index (χ4v) is 3.51. The van der Waals surface area contributed by atoms with E-state index in [1.165, 1.54) is 0 Å². The summed E-state index contributed by atoms with van der Waals surface area (Å²) in [4.78, 5) is 11.8.